The van der Waals surface area contributed by atoms with Gasteiger partial charge in [-0.25, -0.2) is 0 Å². The Morgan fingerprint density at radius 1 is 1.20 bits per heavy atom. The number of hydrogen-bond donors (Lipinski definition) is 1. The Balaban J connectivity index is 1.61. The summed E-state index contributed by atoms with van der Waals surface area (Å²) in [5.74, 6) is 0.497. The van der Waals surface area contributed by atoms with Crippen LogP contribution in [0.4, 0.5) is 5.69 Å². The molecule has 0 radical (unpaired) electrons. The first-order valence-electron chi connectivity index (χ1n) is 6.13. The Kier molecular flexibility index (Phi) is 3.60. The fourth-order valence-corrected chi connectivity index (χ4v) is 2.44. The summed E-state index contributed by atoms with van der Waals surface area (Å²) in [5.41, 5.74) is 0.749. The predicted molar refractivity (Wildman–Crippen MR) is 80.2 cm³/mol. The predicted octanol–water partition coefficient (Wildman–Crippen LogP) is 3.31. The number of fused-ring (bicyclic) bond motifs is 1. The van der Waals surface area contributed by atoms with E-state index in [2.05, 4.69) is 9.69 Å². The number of hydrogen-bond acceptors (Lipinski definition) is 4. The number of anilines is 1. The third kappa shape index (κ3) is 2.95. The summed E-state index contributed by atoms with van der Waals surface area (Å²) in [6.45, 7) is -0.00998. The van der Waals surface area contributed by atoms with Crippen LogP contribution in [-0.4, -0.2) is 16.9 Å². The van der Waals surface area contributed by atoms with Crippen molar-refractivity contribution >= 4 is 33.2 Å². The number of nitrogens with one attached hydrogen (secondary N) is 1. The number of ether oxygens (including phenoxy) is 1. The van der Waals surface area contributed by atoms with Crippen molar-refractivity contribution in [2.24, 2.45) is 0 Å². The Morgan fingerprint density at radius 2 is 2.05 bits per heavy atom. The van der Waals surface area contributed by atoms with Crippen LogP contribution in [0, 0.1) is 0 Å². The van der Waals surface area contributed by atoms with Crippen LogP contribution in [0.1, 0.15) is 0 Å². The molecule has 0 spiro atoms. The molecule has 1 N–H and O–H groups in total. The topological polar surface area (TPSA) is 51.2 Å². The second kappa shape index (κ2) is 5.71. The van der Waals surface area contributed by atoms with E-state index >= 15 is 0 Å². The highest BCUT2D eigenvalue weighted by atomic mass is 32.1. The quantitative estimate of drug-likeness (QED) is 0.799. The molecule has 0 aliphatic rings. The van der Waals surface area contributed by atoms with E-state index in [9.17, 15) is 4.79 Å². The average Bonchev–Trinajstić information content (AvgIpc) is 2.94. The maximum absolute atomic E-state index is 11.8. The molecule has 0 fully saturated rings. The summed E-state index contributed by atoms with van der Waals surface area (Å²) in [7, 11) is 0. The molecule has 3 rings (SSSR count). The molecular formula is C15H12N2O2S. The van der Waals surface area contributed by atoms with Gasteiger partial charge < -0.3 is 10.1 Å². The third-order valence-electron chi connectivity index (χ3n) is 2.75. The molecule has 5 heteroatoms. The number of benzene rings is 2. The molecule has 0 saturated heterocycles. The van der Waals surface area contributed by atoms with Gasteiger partial charge in [0.05, 0.1) is 4.70 Å². The van der Waals surface area contributed by atoms with Gasteiger partial charge in [0.1, 0.15) is 5.75 Å². The summed E-state index contributed by atoms with van der Waals surface area (Å²) in [6, 6.07) is 15.0. The van der Waals surface area contributed by atoms with Gasteiger partial charge in [0.2, 0.25) is 0 Å². The van der Waals surface area contributed by atoms with E-state index in [4.69, 9.17) is 4.74 Å². The number of carbonyl (C=O) groups is 1. The summed E-state index contributed by atoms with van der Waals surface area (Å²) in [5, 5.41) is 3.83. The number of carbonyl (C=O) groups excluding carboxylic acids is 1. The average molecular weight is 284 g/mol. The fraction of sp³-hybridized carbons (Fsp3) is 0.0667. The minimum Gasteiger partial charge on any atom is -0.484 e. The van der Waals surface area contributed by atoms with Crippen LogP contribution in [0.25, 0.3) is 10.1 Å². The van der Waals surface area contributed by atoms with Gasteiger partial charge in [-0.1, -0.05) is 18.2 Å². The van der Waals surface area contributed by atoms with Crippen LogP contribution in [0.5, 0.6) is 5.75 Å². The molecule has 0 aliphatic heterocycles. The molecule has 0 atom stereocenters. The molecule has 3 aromatic rings. The summed E-state index contributed by atoms with van der Waals surface area (Å²) >= 11 is 1.44. The third-order valence-corrected chi connectivity index (χ3v) is 3.53. The zero-order valence-corrected chi connectivity index (χ0v) is 11.4. The summed E-state index contributed by atoms with van der Waals surface area (Å²) in [4.78, 5) is 11.8. The van der Waals surface area contributed by atoms with Crippen LogP contribution >= 0.6 is 11.5 Å². The number of amides is 1. The lowest BCUT2D eigenvalue weighted by Crippen LogP contribution is -2.20. The number of nitrogens with zero attached hydrogens (tertiary/aromatic N) is 1. The molecule has 100 valence electrons. The first kappa shape index (κ1) is 12.6. The molecule has 1 heterocycles. The van der Waals surface area contributed by atoms with E-state index in [1.807, 2.05) is 48.5 Å². The second-order valence-electron chi connectivity index (χ2n) is 4.23. The lowest BCUT2D eigenvalue weighted by molar-refractivity contribution is -0.118. The van der Waals surface area contributed by atoms with Crippen molar-refractivity contribution in [3.63, 3.8) is 0 Å². The van der Waals surface area contributed by atoms with Gasteiger partial charge >= 0.3 is 0 Å². The van der Waals surface area contributed by atoms with Crippen molar-refractivity contribution in [2.75, 3.05) is 11.9 Å². The number of para-hydroxylation sites is 1. The van der Waals surface area contributed by atoms with Crippen LogP contribution in [0.2, 0.25) is 0 Å². The van der Waals surface area contributed by atoms with E-state index in [0.717, 1.165) is 15.8 Å². The monoisotopic (exact) mass is 284 g/mol. The van der Waals surface area contributed by atoms with Crippen LogP contribution in [0.15, 0.2) is 54.7 Å². The van der Waals surface area contributed by atoms with Crippen molar-refractivity contribution in [1.29, 1.82) is 0 Å². The SMILES string of the molecule is O=C(COc1ccccc1)Nc1ccc2sncc2c1. The Morgan fingerprint density at radius 3 is 2.90 bits per heavy atom. The molecule has 2 aromatic carbocycles. The van der Waals surface area contributed by atoms with Crippen LogP contribution < -0.4 is 10.1 Å². The zero-order chi connectivity index (χ0) is 13.8. The largest absolute Gasteiger partial charge is 0.484 e. The van der Waals surface area contributed by atoms with Crippen molar-refractivity contribution in [2.45, 2.75) is 0 Å². The standard InChI is InChI=1S/C15H12N2O2S/c18-15(10-19-13-4-2-1-3-5-13)17-12-6-7-14-11(8-12)9-16-20-14/h1-9H,10H2,(H,17,18). The van der Waals surface area contributed by atoms with E-state index in [1.54, 1.807) is 6.20 Å². The van der Waals surface area contributed by atoms with Crippen LogP contribution in [0.3, 0.4) is 0 Å². The molecule has 20 heavy (non-hydrogen) atoms. The minimum atomic E-state index is -0.184. The molecule has 1 amide bonds. The molecule has 0 unspecified atom stereocenters. The lowest BCUT2D eigenvalue weighted by Gasteiger charge is -2.07. The van der Waals surface area contributed by atoms with Crippen LogP contribution in [-0.2, 0) is 4.79 Å². The zero-order valence-electron chi connectivity index (χ0n) is 10.6. The second-order valence-corrected chi connectivity index (χ2v) is 5.06. The normalized spacial score (nSPS) is 10.4. The van der Waals surface area contributed by atoms with Crippen molar-refractivity contribution in [3.8, 4) is 5.75 Å². The number of rotatable bonds is 4. The van der Waals surface area contributed by atoms with Crippen molar-refractivity contribution in [1.82, 2.24) is 4.37 Å². The smallest absolute Gasteiger partial charge is 0.262 e. The lowest BCUT2D eigenvalue weighted by atomic mass is 10.2. The molecule has 0 bridgehead atoms. The highest BCUT2D eigenvalue weighted by Gasteiger charge is 2.05. The summed E-state index contributed by atoms with van der Waals surface area (Å²) < 4.78 is 10.6. The van der Waals surface area contributed by atoms with Crippen molar-refractivity contribution in [3.05, 3.63) is 54.7 Å². The van der Waals surface area contributed by atoms with E-state index in [1.165, 1.54) is 11.5 Å². The molecule has 0 aliphatic carbocycles. The molecule has 0 saturated carbocycles. The van der Waals surface area contributed by atoms with Gasteiger partial charge in [0.25, 0.3) is 5.91 Å². The highest BCUT2D eigenvalue weighted by Crippen LogP contribution is 2.21. The minimum absolute atomic E-state index is 0.00998. The first-order chi connectivity index (χ1) is 9.81. The first-order valence-corrected chi connectivity index (χ1v) is 6.91. The highest BCUT2D eigenvalue weighted by molar-refractivity contribution is 7.13. The van der Waals surface area contributed by atoms with Crippen molar-refractivity contribution < 1.29 is 9.53 Å². The van der Waals surface area contributed by atoms with E-state index in [-0.39, 0.29) is 12.5 Å². The van der Waals surface area contributed by atoms with Gasteiger partial charge in [-0.05, 0) is 41.9 Å². The Labute approximate surface area is 120 Å². The van der Waals surface area contributed by atoms with E-state index in [0.29, 0.717) is 5.75 Å². The molecule has 4 nitrogen and oxygen atoms in total. The van der Waals surface area contributed by atoms with Gasteiger partial charge in [-0.15, -0.1) is 0 Å². The molecule has 1 aromatic heterocycles. The van der Waals surface area contributed by atoms with Gasteiger partial charge in [-0.3, -0.25) is 4.79 Å². The Hall–Kier alpha value is -2.40. The maximum Gasteiger partial charge on any atom is 0.262 e. The fourth-order valence-electron chi connectivity index (χ4n) is 1.81. The van der Waals surface area contributed by atoms with Gasteiger partial charge in [-0.2, -0.15) is 4.37 Å². The summed E-state index contributed by atoms with van der Waals surface area (Å²) in [6.07, 6.45) is 1.79. The van der Waals surface area contributed by atoms with Gasteiger partial charge in [0, 0.05) is 17.3 Å². The number of aromatic nitrogens is 1. The van der Waals surface area contributed by atoms with E-state index < -0.39 is 0 Å². The maximum atomic E-state index is 11.8. The molecular weight excluding hydrogens is 272 g/mol. The Bertz CT molecular complexity index is 725. The van der Waals surface area contributed by atoms with Gasteiger partial charge in [0.15, 0.2) is 6.61 Å².